The van der Waals surface area contributed by atoms with Crippen molar-refractivity contribution in [2.45, 2.75) is 0 Å². The molecule has 0 fully saturated rings. The van der Waals surface area contributed by atoms with Gasteiger partial charge in [-0.05, 0) is 30.7 Å². The van der Waals surface area contributed by atoms with Crippen molar-refractivity contribution in [3.05, 3.63) is 60.0 Å². The molecule has 5 nitrogen and oxygen atoms in total. The maximum Gasteiger partial charge on any atom is 0.165 e. The Morgan fingerprint density at radius 1 is 1.24 bits per heavy atom. The molecule has 0 saturated carbocycles. The lowest BCUT2D eigenvalue weighted by Gasteiger charge is -2.13. The van der Waals surface area contributed by atoms with E-state index in [4.69, 9.17) is 21.1 Å². The van der Waals surface area contributed by atoms with Crippen LogP contribution in [0.5, 0.6) is 5.75 Å². The summed E-state index contributed by atoms with van der Waals surface area (Å²) in [5.41, 5.74) is 1.56. The van der Waals surface area contributed by atoms with E-state index in [0.29, 0.717) is 41.2 Å². The van der Waals surface area contributed by atoms with Crippen molar-refractivity contribution in [3.8, 4) is 5.75 Å². The lowest BCUT2D eigenvalue weighted by molar-refractivity contribution is 0.146. The summed E-state index contributed by atoms with van der Waals surface area (Å²) in [6.45, 7) is 4.87. The van der Waals surface area contributed by atoms with Crippen LogP contribution in [0.4, 0.5) is 15.9 Å². The van der Waals surface area contributed by atoms with Gasteiger partial charge in [0, 0.05) is 18.6 Å². The second-order valence-electron chi connectivity index (χ2n) is 5.27. The van der Waals surface area contributed by atoms with E-state index in [1.54, 1.807) is 31.4 Å². The third kappa shape index (κ3) is 3.81. The first-order valence-electron chi connectivity index (χ1n) is 7.53. The molecule has 2 aromatic carbocycles. The number of anilines is 2. The van der Waals surface area contributed by atoms with Gasteiger partial charge < -0.3 is 14.8 Å². The Bertz CT molecular complexity index is 905. The average molecular weight is 361 g/mol. The number of benzene rings is 2. The number of aromatic nitrogens is 2. The Morgan fingerprint density at radius 3 is 2.88 bits per heavy atom. The van der Waals surface area contributed by atoms with Crippen LogP contribution in [0.15, 0.2) is 36.7 Å². The summed E-state index contributed by atoms with van der Waals surface area (Å²) < 4.78 is 24.7. The first-order valence-corrected chi connectivity index (χ1v) is 7.91. The minimum atomic E-state index is -0.537. The minimum absolute atomic E-state index is 0.0371. The van der Waals surface area contributed by atoms with Crippen molar-refractivity contribution in [2.75, 3.05) is 25.6 Å². The van der Waals surface area contributed by atoms with E-state index in [9.17, 15) is 4.39 Å². The summed E-state index contributed by atoms with van der Waals surface area (Å²) in [5.74, 6) is 0.535. The highest BCUT2D eigenvalue weighted by Crippen LogP contribution is 2.31. The summed E-state index contributed by atoms with van der Waals surface area (Å²) in [6.07, 6.45) is 1.40. The number of nitrogens with zero attached hydrogens (tertiary/aromatic N) is 2. The molecule has 0 aliphatic carbocycles. The Morgan fingerprint density at radius 2 is 2.08 bits per heavy atom. The third-order valence-corrected chi connectivity index (χ3v) is 3.86. The van der Waals surface area contributed by atoms with Crippen LogP contribution in [0.3, 0.4) is 0 Å². The van der Waals surface area contributed by atoms with E-state index in [1.807, 2.05) is 0 Å². The van der Waals surface area contributed by atoms with Crippen LogP contribution in [-0.4, -0.2) is 30.3 Å². The number of rotatable bonds is 6. The number of hydrogen-bond donors (Lipinski definition) is 1. The monoisotopic (exact) mass is 360 g/mol. The summed E-state index contributed by atoms with van der Waals surface area (Å²) in [5, 5.41) is 3.69. The standard InChI is InChI=1S/C18H16ClFN3O2/c1-11-8-12-15(9-16(11)25-7-6-24-2)21-10-22-18(12)23-14-5-3-4-13(19)17(14)20/h3-5,8-10H,1,6-7H2,2H3,(H,21,22,23). The Labute approximate surface area is 149 Å². The van der Waals surface area contributed by atoms with E-state index in [0.717, 1.165) is 0 Å². The molecule has 0 spiro atoms. The molecular formula is C18H16ClFN3O2. The van der Waals surface area contributed by atoms with Crippen molar-refractivity contribution >= 4 is 34.0 Å². The highest BCUT2D eigenvalue weighted by atomic mass is 35.5. The van der Waals surface area contributed by atoms with Crippen LogP contribution in [0.25, 0.3) is 10.9 Å². The van der Waals surface area contributed by atoms with Gasteiger partial charge in [-0.15, -0.1) is 0 Å². The second-order valence-corrected chi connectivity index (χ2v) is 5.67. The number of fused-ring (bicyclic) bond motifs is 1. The topological polar surface area (TPSA) is 56.3 Å². The third-order valence-electron chi connectivity index (χ3n) is 3.57. The van der Waals surface area contributed by atoms with Crippen molar-refractivity contribution in [2.24, 2.45) is 0 Å². The second kappa shape index (κ2) is 7.63. The predicted octanol–water partition coefficient (Wildman–Crippen LogP) is 4.37. The molecule has 1 aromatic heterocycles. The van der Waals surface area contributed by atoms with Gasteiger partial charge in [-0.3, -0.25) is 0 Å². The highest BCUT2D eigenvalue weighted by molar-refractivity contribution is 6.31. The zero-order chi connectivity index (χ0) is 17.8. The van der Waals surface area contributed by atoms with Crippen molar-refractivity contribution in [1.82, 2.24) is 9.97 Å². The molecule has 3 aromatic rings. The molecule has 7 heteroatoms. The predicted molar refractivity (Wildman–Crippen MR) is 96.1 cm³/mol. The fourth-order valence-electron chi connectivity index (χ4n) is 2.33. The smallest absolute Gasteiger partial charge is 0.165 e. The van der Waals surface area contributed by atoms with E-state index in [2.05, 4.69) is 22.2 Å². The highest BCUT2D eigenvalue weighted by Gasteiger charge is 2.12. The molecule has 1 heterocycles. The largest absolute Gasteiger partial charge is 0.491 e. The van der Waals surface area contributed by atoms with E-state index >= 15 is 0 Å². The van der Waals surface area contributed by atoms with Gasteiger partial charge in [0.25, 0.3) is 0 Å². The minimum Gasteiger partial charge on any atom is -0.491 e. The van der Waals surface area contributed by atoms with Gasteiger partial charge in [0.15, 0.2) is 5.82 Å². The van der Waals surface area contributed by atoms with E-state index < -0.39 is 5.82 Å². The zero-order valence-electron chi connectivity index (χ0n) is 13.6. The van der Waals surface area contributed by atoms with E-state index in [1.165, 1.54) is 12.4 Å². The fraction of sp³-hybridized carbons (Fsp3) is 0.167. The molecule has 0 amide bonds. The van der Waals surface area contributed by atoms with Gasteiger partial charge in [-0.1, -0.05) is 17.7 Å². The van der Waals surface area contributed by atoms with Crippen LogP contribution in [0.1, 0.15) is 5.56 Å². The maximum absolute atomic E-state index is 14.1. The van der Waals surface area contributed by atoms with Crippen molar-refractivity contribution < 1.29 is 13.9 Å². The van der Waals surface area contributed by atoms with Crippen molar-refractivity contribution in [1.29, 1.82) is 0 Å². The molecular weight excluding hydrogens is 345 g/mol. The lowest BCUT2D eigenvalue weighted by atomic mass is 10.1. The van der Waals surface area contributed by atoms with Crippen molar-refractivity contribution in [3.63, 3.8) is 0 Å². The molecule has 25 heavy (non-hydrogen) atoms. The molecule has 0 unspecified atom stereocenters. The number of nitrogens with one attached hydrogen (secondary N) is 1. The number of hydrogen-bond acceptors (Lipinski definition) is 5. The molecule has 1 radical (unpaired) electrons. The SMILES string of the molecule is [CH2]c1cc2c(Nc3cccc(Cl)c3F)ncnc2cc1OCCOC. The summed E-state index contributed by atoms with van der Waals surface area (Å²) in [6, 6.07) is 8.29. The molecule has 3 rings (SSSR count). The number of halogens is 2. The zero-order valence-corrected chi connectivity index (χ0v) is 14.3. The molecule has 0 atom stereocenters. The molecule has 0 aliphatic heterocycles. The molecule has 129 valence electrons. The van der Waals surface area contributed by atoms with Gasteiger partial charge in [-0.2, -0.15) is 0 Å². The van der Waals surface area contributed by atoms with E-state index in [-0.39, 0.29) is 10.7 Å². The van der Waals surface area contributed by atoms with Gasteiger partial charge in [0.05, 0.1) is 22.8 Å². The first-order chi connectivity index (χ1) is 12.1. The Kier molecular flexibility index (Phi) is 5.31. The van der Waals surface area contributed by atoms with Crippen LogP contribution in [0.2, 0.25) is 5.02 Å². The summed E-state index contributed by atoms with van der Waals surface area (Å²) in [7, 11) is 1.61. The van der Waals surface area contributed by atoms with Crippen LogP contribution in [0, 0.1) is 12.7 Å². The molecule has 0 aliphatic rings. The average Bonchev–Trinajstić information content (AvgIpc) is 2.60. The van der Waals surface area contributed by atoms with Gasteiger partial charge >= 0.3 is 0 Å². The van der Waals surface area contributed by atoms with Crippen LogP contribution < -0.4 is 10.1 Å². The molecule has 0 saturated heterocycles. The number of methoxy groups -OCH3 is 1. The van der Waals surface area contributed by atoms with Crippen LogP contribution in [-0.2, 0) is 4.74 Å². The van der Waals surface area contributed by atoms with Crippen LogP contribution >= 0.6 is 11.6 Å². The Hall–Kier alpha value is -2.44. The van der Waals surface area contributed by atoms with Gasteiger partial charge in [0.1, 0.15) is 24.5 Å². The normalized spacial score (nSPS) is 10.9. The van der Waals surface area contributed by atoms with Gasteiger partial charge in [-0.25, -0.2) is 14.4 Å². The quantitative estimate of drug-likeness (QED) is 0.661. The first kappa shape index (κ1) is 17.4. The number of ether oxygens (including phenoxy) is 2. The Balaban J connectivity index is 1.96. The molecule has 1 N–H and O–H groups in total. The lowest BCUT2D eigenvalue weighted by Crippen LogP contribution is -2.05. The fourth-order valence-corrected chi connectivity index (χ4v) is 2.50. The van der Waals surface area contributed by atoms with Gasteiger partial charge in [0.2, 0.25) is 0 Å². The molecule has 0 bridgehead atoms. The maximum atomic E-state index is 14.1. The summed E-state index contributed by atoms with van der Waals surface area (Å²) in [4.78, 5) is 8.44. The summed E-state index contributed by atoms with van der Waals surface area (Å²) >= 11 is 5.82.